The molecular formula is C23H30N2O5S. The van der Waals surface area contributed by atoms with Crippen LogP contribution < -0.4 is 10.1 Å². The van der Waals surface area contributed by atoms with Crippen molar-refractivity contribution >= 4 is 21.6 Å². The number of carbonyl (C=O) groups is 1. The molecule has 1 fully saturated rings. The van der Waals surface area contributed by atoms with Gasteiger partial charge in [0.2, 0.25) is 15.9 Å². The van der Waals surface area contributed by atoms with Gasteiger partial charge >= 0.3 is 0 Å². The van der Waals surface area contributed by atoms with Crippen molar-refractivity contribution < 1.29 is 22.7 Å². The number of carbonyl (C=O) groups excluding carboxylic acids is 1. The van der Waals surface area contributed by atoms with Gasteiger partial charge in [0.05, 0.1) is 26.7 Å². The van der Waals surface area contributed by atoms with Crippen LogP contribution in [-0.2, 0) is 32.4 Å². The molecule has 1 N–H and O–H groups in total. The molecule has 0 atom stereocenters. The highest BCUT2D eigenvalue weighted by atomic mass is 32.2. The van der Waals surface area contributed by atoms with E-state index in [1.165, 1.54) is 23.0 Å². The fourth-order valence-electron chi connectivity index (χ4n) is 3.48. The second-order valence-electron chi connectivity index (χ2n) is 7.53. The lowest BCUT2D eigenvalue weighted by Gasteiger charge is -2.26. The number of anilines is 1. The molecule has 1 saturated heterocycles. The van der Waals surface area contributed by atoms with Gasteiger partial charge in [0.1, 0.15) is 10.6 Å². The van der Waals surface area contributed by atoms with Crippen LogP contribution in [0.5, 0.6) is 5.75 Å². The molecule has 1 heterocycles. The van der Waals surface area contributed by atoms with Crippen molar-refractivity contribution in [3.8, 4) is 5.75 Å². The molecule has 0 spiro atoms. The van der Waals surface area contributed by atoms with Gasteiger partial charge in [0.25, 0.3) is 0 Å². The minimum absolute atomic E-state index is 0.0627. The van der Waals surface area contributed by atoms with Crippen LogP contribution in [0.2, 0.25) is 0 Å². The van der Waals surface area contributed by atoms with E-state index in [1.807, 2.05) is 24.3 Å². The number of nitrogens with zero attached hydrogens (tertiary/aromatic N) is 1. The Morgan fingerprint density at radius 3 is 2.42 bits per heavy atom. The maximum Gasteiger partial charge on any atom is 0.246 e. The van der Waals surface area contributed by atoms with Gasteiger partial charge < -0.3 is 14.8 Å². The molecule has 3 rings (SSSR count). The summed E-state index contributed by atoms with van der Waals surface area (Å²) in [6.45, 7) is 3.47. The lowest BCUT2D eigenvalue weighted by molar-refractivity contribution is -0.115. The summed E-state index contributed by atoms with van der Waals surface area (Å²) in [5, 5.41) is 2.88. The molecule has 1 amide bonds. The summed E-state index contributed by atoms with van der Waals surface area (Å²) in [7, 11) is -2.30. The number of hydrogen-bond acceptors (Lipinski definition) is 5. The molecule has 1 aliphatic heterocycles. The largest absolute Gasteiger partial charge is 0.495 e. The fourth-order valence-corrected chi connectivity index (χ4v) is 5.10. The van der Waals surface area contributed by atoms with Crippen molar-refractivity contribution in [1.29, 1.82) is 0 Å². The van der Waals surface area contributed by atoms with Crippen molar-refractivity contribution in [3.63, 3.8) is 0 Å². The Morgan fingerprint density at radius 1 is 1.10 bits per heavy atom. The number of unbranched alkanes of at least 4 members (excludes halogenated alkanes) is 1. The lowest BCUT2D eigenvalue weighted by Crippen LogP contribution is -2.40. The van der Waals surface area contributed by atoms with Gasteiger partial charge in [-0.25, -0.2) is 8.42 Å². The van der Waals surface area contributed by atoms with Crippen molar-refractivity contribution in [2.24, 2.45) is 0 Å². The molecule has 0 radical (unpaired) electrons. The van der Waals surface area contributed by atoms with Crippen LogP contribution in [0, 0.1) is 0 Å². The van der Waals surface area contributed by atoms with E-state index in [-0.39, 0.29) is 23.0 Å². The number of benzene rings is 2. The first-order chi connectivity index (χ1) is 14.9. The molecule has 1 aliphatic rings. The van der Waals surface area contributed by atoms with Gasteiger partial charge in [0, 0.05) is 18.8 Å². The quantitative estimate of drug-likeness (QED) is 0.639. The normalized spacial score (nSPS) is 14.9. The minimum Gasteiger partial charge on any atom is -0.495 e. The average Bonchev–Trinajstić information content (AvgIpc) is 2.79. The van der Waals surface area contributed by atoms with Gasteiger partial charge in [-0.05, 0) is 48.2 Å². The fraction of sp³-hybridized carbons (Fsp3) is 0.435. The third-order valence-electron chi connectivity index (χ3n) is 5.24. The summed E-state index contributed by atoms with van der Waals surface area (Å²) < 4.78 is 38.1. The average molecular weight is 447 g/mol. The van der Waals surface area contributed by atoms with Crippen LogP contribution in [0.4, 0.5) is 5.69 Å². The first-order valence-corrected chi connectivity index (χ1v) is 12.0. The standard InChI is InChI=1S/C23H30N2O5S/c1-3-4-5-18-6-9-20(10-7-18)24-23(26)17-19-8-11-21(29-2)22(16-19)31(27,28)25-12-14-30-15-13-25/h6-11,16H,3-5,12-15,17H2,1-2H3,(H,24,26). The number of nitrogens with one attached hydrogen (secondary N) is 1. The highest BCUT2D eigenvalue weighted by Crippen LogP contribution is 2.28. The topological polar surface area (TPSA) is 84.9 Å². The van der Waals surface area contributed by atoms with Crippen LogP contribution in [0.3, 0.4) is 0 Å². The van der Waals surface area contributed by atoms with Crippen LogP contribution in [0.25, 0.3) is 0 Å². The summed E-state index contributed by atoms with van der Waals surface area (Å²) in [6.07, 6.45) is 3.37. The number of morpholine rings is 1. The predicted octanol–water partition coefficient (Wildman–Crippen LogP) is 3.24. The van der Waals surface area contributed by atoms with Gasteiger partial charge in [-0.15, -0.1) is 0 Å². The summed E-state index contributed by atoms with van der Waals surface area (Å²) in [5.74, 6) is 0.0551. The van der Waals surface area contributed by atoms with Crippen LogP contribution in [0.1, 0.15) is 30.9 Å². The van der Waals surface area contributed by atoms with Crippen molar-refractivity contribution in [2.45, 2.75) is 37.5 Å². The van der Waals surface area contributed by atoms with Crippen LogP contribution in [-0.4, -0.2) is 52.0 Å². The molecule has 2 aromatic rings. The van der Waals surface area contributed by atoms with E-state index in [1.54, 1.807) is 12.1 Å². The molecule has 2 aromatic carbocycles. The monoisotopic (exact) mass is 446 g/mol. The number of amides is 1. The highest BCUT2D eigenvalue weighted by molar-refractivity contribution is 7.89. The maximum absolute atomic E-state index is 13.1. The Kier molecular flexibility index (Phi) is 8.06. The van der Waals surface area contributed by atoms with Gasteiger partial charge in [-0.3, -0.25) is 4.79 Å². The van der Waals surface area contributed by atoms with Crippen LogP contribution >= 0.6 is 0 Å². The summed E-state index contributed by atoms with van der Waals surface area (Å²) in [5.41, 5.74) is 2.57. The highest BCUT2D eigenvalue weighted by Gasteiger charge is 2.29. The lowest BCUT2D eigenvalue weighted by atomic mass is 10.1. The Labute approximate surface area is 184 Å². The first kappa shape index (κ1) is 23.2. The molecule has 0 aromatic heterocycles. The van der Waals surface area contributed by atoms with Crippen molar-refractivity contribution in [1.82, 2.24) is 4.31 Å². The molecule has 0 unspecified atom stereocenters. The molecule has 7 nitrogen and oxygen atoms in total. The van der Waals surface area contributed by atoms with E-state index in [4.69, 9.17) is 9.47 Å². The zero-order valence-corrected chi connectivity index (χ0v) is 18.9. The third-order valence-corrected chi connectivity index (χ3v) is 7.16. The second kappa shape index (κ2) is 10.7. The van der Waals surface area contributed by atoms with Gasteiger partial charge in [-0.1, -0.05) is 31.5 Å². The van der Waals surface area contributed by atoms with E-state index in [9.17, 15) is 13.2 Å². The molecule has 0 aliphatic carbocycles. The number of ether oxygens (including phenoxy) is 2. The Hall–Kier alpha value is -2.42. The molecule has 0 bridgehead atoms. The molecule has 0 saturated carbocycles. The van der Waals surface area contributed by atoms with E-state index in [0.717, 1.165) is 24.9 Å². The smallest absolute Gasteiger partial charge is 0.246 e. The third kappa shape index (κ3) is 6.06. The Morgan fingerprint density at radius 2 is 1.77 bits per heavy atom. The first-order valence-electron chi connectivity index (χ1n) is 10.6. The van der Waals surface area contributed by atoms with E-state index in [2.05, 4.69) is 12.2 Å². The molecular weight excluding hydrogens is 416 g/mol. The van der Waals surface area contributed by atoms with Crippen molar-refractivity contribution in [2.75, 3.05) is 38.7 Å². The van der Waals surface area contributed by atoms with E-state index in [0.29, 0.717) is 31.9 Å². The number of rotatable bonds is 9. The van der Waals surface area contributed by atoms with Gasteiger partial charge in [-0.2, -0.15) is 4.31 Å². The molecule has 31 heavy (non-hydrogen) atoms. The van der Waals surface area contributed by atoms with Gasteiger partial charge in [0.15, 0.2) is 0 Å². The maximum atomic E-state index is 13.1. The number of hydrogen-bond donors (Lipinski definition) is 1. The Balaban J connectivity index is 1.71. The number of methoxy groups -OCH3 is 1. The number of aryl methyl sites for hydroxylation is 1. The summed E-state index contributed by atoms with van der Waals surface area (Å²) >= 11 is 0. The number of sulfonamides is 1. The minimum atomic E-state index is -3.74. The van der Waals surface area contributed by atoms with E-state index >= 15 is 0 Å². The molecule has 168 valence electrons. The van der Waals surface area contributed by atoms with Crippen LogP contribution in [0.15, 0.2) is 47.4 Å². The zero-order chi connectivity index (χ0) is 22.3. The Bertz CT molecular complexity index is 984. The van der Waals surface area contributed by atoms with E-state index < -0.39 is 10.0 Å². The zero-order valence-electron chi connectivity index (χ0n) is 18.1. The molecule has 8 heteroatoms. The summed E-state index contributed by atoms with van der Waals surface area (Å²) in [6, 6.07) is 12.7. The summed E-state index contributed by atoms with van der Waals surface area (Å²) in [4.78, 5) is 12.6. The predicted molar refractivity (Wildman–Crippen MR) is 120 cm³/mol. The van der Waals surface area contributed by atoms with Crippen molar-refractivity contribution in [3.05, 3.63) is 53.6 Å². The second-order valence-corrected chi connectivity index (χ2v) is 9.43. The SMILES string of the molecule is CCCCc1ccc(NC(=O)Cc2ccc(OC)c(S(=O)(=O)N3CCOCC3)c2)cc1.